The lowest BCUT2D eigenvalue weighted by Crippen LogP contribution is -2.58. The molecule has 2 amide bonds. The van der Waals surface area contributed by atoms with E-state index in [-0.39, 0.29) is 31.0 Å². The monoisotopic (exact) mass is 434 g/mol. The molecule has 0 aromatic carbocycles. The van der Waals surface area contributed by atoms with Crippen molar-refractivity contribution in [3.8, 4) is 0 Å². The fourth-order valence-corrected chi connectivity index (χ4v) is 6.83. The first-order chi connectivity index (χ1) is 14.9. The minimum atomic E-state index is -1.14. The van der Waals surface area contributed by atoms with Gasteiger partial charge in [-0.2, -0.15) is 0 Å². The number of fused-ring (bicyclic) bond motifs is 1. The van der Waals surface area contributed by atoms with Gasteiger partial charge in [-0.1, -0.05) is 32.3 Å². The predicted molar refractivity (Wildman–Crippen MR) is 112 cm³/mol. The second-order valence-electron chi connectivity index (χ2n) is 9.50. The van der Waals surface area contributed by atoms with Crippen molar-refractivity contribution in [2.24, 2.45) is 11.8 Å². The van der Waals surface area contributed by atoms with Crippen molar-refractivity contribution in [3.63, 3.8) is 0 Å². The van der Waals surface area contributed by atoms with Crippen molar-refractivity contribution < 1.29 is 29.3 Å². The summed E-state index contributed by atoms with van der Waals surface area (Å²) in [4.78, 5) is 43.0. The molecule has 31 heavy (non-hydrogen) atoms. The van der Waals surface area contributed by atoms with Crippen LogP contribution in [0.1, 0.15) is 58.3 Å². The Kier molecular flexibility index (Phi) is 5.89. The lowest BCUT2D eigenvalue weighted by Gasteiger charge is -2.40. The van der Waals surface area contributed by atoms with Crippen LogP contribution >= 0.6 is 0 Å². The molecule has 3 saturated heterocycles. The van der Waals surface area contributed by atoms with E-state index in [4.69, 9.17) is 4.74 Å². The molecule has 4 fully saturated rings. The maximum absolute atomic E-state index is 14.0. The lowest BCUT2D eigenvalue weighted by molar-refractivity contribution is -0.159. The number of carboxylic acids is 1. The van der Waals surface area contributed by atoms with Crippen molar-refractivity contribution in [1.82, 2.24) is 9.80 Å². The van der Waals surface area contributed by atoms with Crippen LogP contribution in [0.4, 0.5) is 0 Å². The Balaban J connectivity index is 1.76. The molecule has 0 aromatic heterocycles. The smallest absolute Gasteiger partial charge is 0.310 e. The van der Waals surface area contributed by atoms with E-state index in [1.807, 2.05) is 11.8 Å². The quantitative estimate of drug-likeness (QED) is 0.562. The zero-order chi connectivity index (χ0) is 22.4. The number of hydrogen-bond acceptors (Lipinski definition) is 5. The number of carboxylic acid groups (broad SMARTS) is 1. The normalized spacial score (nSPS) is 37.2. The molecule has 1 saturated carbocycles. The van der Waals surface area contributed by atoms with E-state index in [9.17, 15) is 24.6 Å². The summed E-state index contributed by atoms with van der Waals surface area (Å²) in [6.45, 7) is 5.79. The highest BCUT2D eigenvalue weighted by Gasteiger charge is 2.79. The van der Waals surface area contributed by atoms with E-state index >= 15 is 0 Å². The molecule has 0 radical (unpaired) electrons. The summed E-state index contributed by atoms with van der Waals surface area (Å²) in [5.74, 6) is -3.49. The molecule has 3 aliphatic heterocycles. The molecule has 4 aliphatic rings. The number of aliphatic hydroxyl groups excluding tert-OH is 1. The van der Waals surface area contributed by atoms with Crippen LogP contribution in [0.15, 0.2) is 12.7 Å². The summed E-state index contributed by atoms with van der Waals surface area (Å²) in [5, 5.41) is 19.7. The number of likely N-dealkylation sites (tertiary alicyclic amines) is 1. The standard InChI is InChI=1S/C23H34N2O6/c1-3-12-24(15-8-6-5-7-9-15)20(28)18-23-11-10-22(4-2,31-23)17(21(29)30)16(23)19(27)25(18)13-14-26/h3,15-18,26H,1,4-14H2,2H3,(H,29,30)/t16-,17+,18?,22-,23?/m0/s1. The molecule has 4 rings (SSSR count). The Morgan fingerprint density at radius 3 is 2.58 bits per heavy atom. The lowest BCUT2D eigenvalue weighted by atomic mass is 9.65. The Bertz CT molecular complexity index is 765. The molecular formula is C23H34N2O6. The van der Waals surface area contributed by atoms with Crippen LogP contribution in [0.5, 0.6) is 0 Å². The predicted octanol–water partition coefficient (Wildman–Crippen LogP) is 1.57. The van der Waals surface area contributed by atoms with Crippen LogP contribution in [0, 0.1) is 11.8 Å². The van der Waals surface area contributed by atoms with Crippen molar-refractivity contribution in [2.75, 3.05) is 19.7 Å². The molecule has 3 heterocycles. The molecule has 8 heteroatoms. The minimum absolute atomic E-state index is 0.00505. The third-order valence-electron chi connectivity index (χ3n) is 8.15. The zero-order valence-electron chi connectivity index (χ0n) is 18.3. The fraction of sp³-hybridized carbons (Fsp3) is 0.783. The van der Waals surface area contributed by atoms with Crippen LogP contribution in [0.25, 0.3) is 0 Å². The van der Waals surface area contributed by atoms with Gasteiger partial charge in [-0.3, -0.25) is 14.4 Å². The van der Waals surface area contributed by atoms with Gasteiger partial charge in [0.2, 0.25) is 11.8 Å². The van der Waals surface area contributed by atoms with Gasteiger partial charge in [-0.15, -0.1) is 6.58 Å². The number of carbonyl (C=O) groups excluding carboxylic acids is 2. The maximum Gasteiger partial charge on any atom is 0.310 e. The van der Waals surface area contributed by atoms with Crippen LogP contribution in [-0.4, -0.2) is 80.8 Å². The van der Waals surface area contributed by atoms with E-state index in [0.29, 0.717) is 25.8 Å². The highest BCUT2D eigenvalue weighted by Crippen LogP contribution is 2.64. The fourth-order valence-electron chi connectivity index (χ4n) is 6.83. The summed E-state index contributed by atoms with van der Waals surface area (Å²) < 4.78 is 6.49. The van der Waals surface area contributed by atoms with Crippen LogP contribution in [-0.2, 0) is 19.1 Å². The van der Waals surface area contributed by atoms with Gasteiger partial charge < -0.3 is 24.7 Å². The first-order valence-corrected chi connectivity index (χ1v) is 11.6. The van der Waals surface area contributed by atoms with Gasteiger partial charge in [0.15, 0.2) is 0 Å². The summed E-state index contributed by atoms with van der Waals surface area (Å²) in [5.41, 5.74) is -2.05. The molecule has 2 N–H and O–H groups in total. The van der Waals surface area contributed by atoms with Crippen molar-refractivity contribution in [1.29, 1.82) is 0 Å². The number of β-amino-alcohol motifs (C(OH)–C–C–N with tert-alkyl or cyclic N) is 1. The second-order valence-corrected chi connectivity index (χ2v) is 9.50. The number of hydrogen-bond donors (Lipinski definition) is 2. The second kappa shape index (κ2) is 8.20. The Morgan fingerprint density at radius 2 is 2.00 bits per heavy atom. The van der Waals surface area contributed by atoms with E-state index in [1.54, 1.807) is 6.08 Å². The summed E-state index contributed by atoms with van der Waals surface area (Å²) in [6, 6.07) is -0.827. The third-order valence-corrected chi connectivity index (χ3v) is 8.15. The molecule has 5 atom stereocenters. The Labute approximate surface area is 183 Å². The van der Waals surface area contributed by atoms with Gasteiger partial charge in [0, 0.05) is 19.1 Å². The maximum atomic E-state index is 14.0. The molecule has 2 unspecified atom stereocenters. The van der Waals surface area contributed by atoms with E-state index in [1.165, 1.54) is 4.90 Å². The molecule has 1 aliphatic carbocycles. The van der Waals surface area contributed by atoms with Crippen molar-refractivity contribution in [2.45, 2.75) is 81.6 Å². The van der Waals surface area contributed by atoms with Gasteiger partial charge in [-0.05, 0) is 32.1 Å². The van der Waals surface area contributed by atoms with Gasteiger partial charge >= 0.3 is 5.97 Å². The van der Waals surface area contributed by atoms with Gasteiger partial charge in [0.1, 0.15) is 17.6 Å². The van der Waals surface area contributed by atoms with Crippen LogP contribution in [0.3, 0.4) is 0 Å². The minimum Gasteiger partial charge on any atom is -0.481 e. The number of aliphatic hydroxyl groups is 1. The molecule has 0 aromatic rings. The molecular weight excluding hydrogens is 400 g/mol. The molecule has 2 bridgehead atoms. The number of nitrogens with zero attached hydrogens (tertiary/aromatic N) is 2. The number of rotatable bonds is 8. The van der Waals surface area contributed by atoms with Gasteiger partial charge in [-0.25, -0.2) is 0 Å². The third kappa shape index (κ3) is 3.13. The number of aliphatic carboxylic acids is 1. The highest BCUT2D eigenvalue weighted by molar-refractivity contribution is 5.98. The average molecular weight is 435 g/mol. The topological polar surface area (TPSA) is 107 Å². The number of amides is 2. The van der Waals surface area contributed by atoms with Crippen molar-refractivity contribution in [3.05, 3.63) is 12.7 Å². The van der Waals surface area contributed by atoms with E-state index in [2.05, 4.69) is 6.58 Å². The zero-order valence-corrected chi connectivity index (χ0v) is 18.3. The van der Waals surface area contributed by atoms with Crippen LogP contribution < -0.4 is 0 Å². The highest BCUT2D eigenvalue weighted by atomic mass is 16.5. The number of ether oxygens (including phenoxy) is 1. The Hall–Kier alpha value is -1.93. The first kappa shape index (κ1) is 22.3. The summed E-state index contributed by atoms with van der Waals surface area (Å²) in [7, 11) is 0. The van der Waals surface area contributed by atoms with E-state index in [0.717, 1.165) is 32.1 Å². The largest absolute Gasteiger partial charge is 0.481 e. The molecule has 1 spiro atoms. The SMILES string of the molecule is C=CCN(C(=O)C1N(CCO)C(=O)[C@@H]2[C@H](C(=O)O)[C@]3(CC)CCC12O3)C1CCCCC1. The molecule has 8 nitrogen and oxygen atoms in total. The average Bonchev–Trinajstić information content (AvgIpc) is 3.37. The number of carbonyl (C=O) groups is 3. The first-order valence-electron chi connectivity index (χ1n) is 11.6. The van der Waals surface area contributed by atoms with Gasteiger partial charge in [0.05, 0.1) is 18.1 Å². The summed E-state index contributed by atoms with van der Waals surface area (Å²) in [6.07, 6.45) is 8.27. The Morgan fingerprint density at radius 1 is 1.29 bits per heavy atom. The summed E-state index contributed by atoms with van der Waals surface area (Å²) >= 11 is 0. The van der Waals surface area contributed by atoms with Crippen LogP contribution in [0.2, 0.25) is 0 Å². The molecule has 172 valence electrons. The van der Waals surface area contributed by atoms with Crippen molar-refractivity contribution >= 4 is 17.8 Å². The van der Waals surface area contributed by atoms with Gasteiger partial charge in [0.25, 0.3) is 0 Å². The van der Waals surface area contributed by atoms with E-state index < -0.39 is 35.0 Å².